The Kier molecular flexibility index (Phi) is 7.66. The minimum Gasteiger partial charge on any atom is -0.490 e. The molecule has 0 aliphatic rings. The van der Waals surface area contributed by atoms with Gasteiger partial charge in [0.25, 0.3) is 0 Å². The maximum atomic E-state index is 11.5. The first-order chi connectivity index (χ1) is 15.4. The zero-order chi connectivity index (χ0) is 23.0. The van der Waals surface area contributed by atoms with Gasteiger partial charge in [0.15, 0.2) is 6.61 Å². The standard InChI is InChI=1S/C27H29NO4/c1-4-25(22-15-13-21(14-16-22)20-9-6-5-7-10-20)28-32-18-17-31-24-12-8-11-23(19-24)27(2,3)26(29)30/h5-16,19H,4,17-18H2,1-3H3,(H,29,30)/b28-25+. The topological polar surface area (TPSA) is 68.1 Å². The van der Waals surface area contributed by atoms with E-state index in [9.17, 15) is 9.90 Å². The van der Waals surface area contributed by atoms with Crippen LogP contribution in [0, 0.1) is 0 Å². The molecule has 0 aliphatic carbocycles. The van der Waals surface area contributed by atoms with Gasteiger partial charge in [0.05, 0.1) is 11.1 Å². The molecule has 0 spiro atoms. The summed E-state index contributed by atoms with van der Waals surface area (Å²) in [6, 6.07) is 25.7. The second kappa shape index (κ2) is 10.6. The Balaban J connectivity index is 1.55. The summed E-state index contributed by atoms with van der Waals surface area (Å²) in [6.07, 6.45) is 0.748. The summed E-state index contributed by atoms with van der Waals surface area (Å²) in [4.78, 5) is 16.9. The number of rotatable bonds is 10. The van der Waals surface area contributed by atoms with Crippen molar-refractivity contribution in [2.45, 2.75) is 32.6 Å². The summed E-state index contributed by atoms with van der Waals surface area (Å²) in [7, 11) is 0. The van der Waals surface area contributed by atoms with Gasteiger partial charge in [-0.15, -0.1) is 0 Å². The van der Waals surface area contributed by atoms with E-state index in [0.717, 1.165) is 23.3 Å². The SMILES string of the molecule is CC/C(=N\OCCOc1cccc(C(C)(C)C(=O)O)c1)c1ccc(-c2ccccc2)cc1. The molecule has 32 heavy (non-hydrogen) atoms. The minimum absolute atomic E-state index is 0.290. The molecule has 166 valence electrons. The summed E-state index contributed by atoms with van der Waals surface area (Å²) >= 11 is 0. The molecule has 0 atom stereocenters. The first-order valence-corrected chi connectivity index (χ1v) is 10.7. The number of carboxylic acid groups (broad SMARTS) is 1. The van der Waals surface area contributed by atoms with E-state index < -0.39 is 11.4 Å². The molecule has 0 aliphatic heterocycles. The monoisotopic (exact) mass is 431 g/mol. The molecule has 0 saturated heterocycles. The van der Waals surface area contributed by atoms with Gasteiger partial charge in [-0.2, -0.15) is 0 Å². The van der Waals surface area contributed by atoms with Crippen molar-refractivity contribution in [2.24, 2.45) is 5.16 Å². The van der Waals surface area contributed by atoms with Gasteiger partial charge in [-0.25, -0.2) is 0 Å². The third kappa shape index (κ3) is 5.76. The Morgan fingerprint density at radius 1 is 0.906 bits per heavy atom. The fraction of sp³-hybridized carbons (Fsp3) is 0.259. The van der Waals surface area contributed by atoms with Crippen molar-refractivity contribution >= 4 is 11.7 Å². The molecule has 5 heteroatoms. The lowest BCUT2D eigenvalue weighted by atomic mass is 9.85. The summed E-state index contributed by atoms with van der Waals surface area (Å²) in [5.74, 6) is -0.271. The number of carboxylic acids is 1. The largest absolute Gasteiger partial charge is 0.490 e. The van der Waals surface area contributed by atoms with Crippen molar-refractivity contribution in [3.63, 3.8) is 0 Å². The third-order valence-electron chi connectivity index (χ3n) is 5.37. The van der Waals surface area contributed by atoms with Crippen LogP contribution in [0.4, 0.5) is 0 Å². The Morgan fingerprint density at radius 3 is 2.25 bits per heavy atom. The number of carbonyl (C=O) groups is 1. The fourth-order valence-electron chi connectivity index (χ4n) is 3.23. The Bertz CT molecular complexity index is 1060. The zero-order valence-corrected chi connectivity index (χ0v) is 18.7. The van der Waals surface area contributed by atoms with E-state index in [2.05, 4.69) is 41.6 Å². The lowest BCUT2D eigenvalue weighted by Gasteiger charge is -2.20. The maximum absolute atomic E-state index is 11.5. The van der Waals surface area contributed by atoms with Crippen molar-refractivity contribution in [1.29, 1.82) is 0 Å². The number of nitrogens with zero attached hydrogens (tertiary/aromatic N) is 1. The maximum Gasteiger partial charge on any atom is 0.313 e. The van der Waals surface area contributed by atoms with Gasteiger partial charge in [-0.05, 0) is 54.7 Å². The van der Waals surface area contributed by atoms with Crippen LogP contribution < -0.4 is 4.74 Å². The Labute approximate surface area is 189 Å². The van der Waals surface area contributed by atoms with Gasteiger partial charge in [-0.3, -0.25) is 4.79 Å². The third-order valence-corrected chi connectivity index (χ3v) is 5.37. The molecule has 0 fully saturated rings. The van der Waals surface area contributed by atoms with Crippen molar-refractivity contribution in [1.82, 2.24) is 0 Å². The lowest BCUT2D eigenvalue weighted by Crippen LogP contribution is -2.28. The van der Waals surface area contributed by atoms with E-state index in [1.807, 2.05) is 25.1 Å². The average molecular weight is 432 g/mol. The van der Waals surface area contributed by atoms with Crippen LogP contribution in [0.5, 0.6) is 5.75 Å². The molecule has 0 unspecified atom stereocenters. The molecule has 3 rings (SSSR count). The second-order valence-corrected chi connectivity index (χ2v) is 7.97. The van der Waals surface area contributed by atoms with Gasteiger partial charge in [0, 0.05) is 0 Å². The predicted octanol–water partition coefficient (Wildman–Crippen LogP) is 5.93. The van der Waals surface area contributed by atoms with Crippen LogP contribution in [0.25, 0.3) is 11.1 Å². The Hall–Kier alpha value is -3.60. The van der Waals surface area contributed by atoms with Crippen LogP contribution in [0.1, 0.15) is 38.3 Å². The fourth-order valence-corrected chi connectivity index (χ4v) is 3.23. The molecular formula is C27H29NO4. The molecule has 0 radical (unpaired) electrons. The molecule has 0 bridgehead atoms. The average Bonchev–Trinajstić information content (AvgIpc) is 2.82. The lowest BCUT2D eigenvalue weighted by molar-refractivity contribution is -0.142. The van der Waals surface area contributed by atoms with Crippen LogP contribution >= 0.6 is 0 Å². The van der Waals surface area contributed by atoms with Gasteiger partial charge in [0.1, 0.15) is 12.4 Å². The van der Waals surface area contributed by atoms with Crippen molar-refractivity contribution in [3.8, 4) is 16.9 Å². The van der Waals surface area contributed by atoms with E-state index in [1.54, 1.807) is 38.1 Å². The molecule has 0 amide bonds. The highest BCUT2D eigenvalue weighted by molar-refractivity contribution is 6.00. The summed E-state index contributed by atoms with van der Waals surface area (Å²) in [5, 5.41) is 13.7. The summed E-state index contributed by atoms with van der Waals surface area (Å²) < 4.78 is 5.72. The molecule has 0 heterocycles. The highest BCUT2D eigenvalue weighted by Crippen LogP contribution is 2.26. The quantitative estimate of drug-likeness (QED) is 0.246. The smallest absolute Gasteiger partial charge is 0.313 e. The van der Waals surface area contributed by atoms with Crippen LogP contribution in [-0.4, -0.2) is 30.0 Å². The van der Waals surface area contributed by atoms with Gasteiger partial charge in [0.2, 0.25) is 0 Å². The molecule has 3 aromatic rings. The van der Waals surface area contributed by atoms with E-state index in [0.29, 0.717) is 17.9 Å². The van der Waals surface area contributed by atoms with Gasteiger partial charge < -0.3 is 14.7 Å². The number of hydrogen-bond acceptors (Lipinski definition) is 4. The van der Waals surface area contributed by atoms with Crippen molar-refractivity contribution < 1.29 is 19.5 Å². The number of ether oxygens (including phenoxy) is 1. The van der Waals surface area contributed by atoms with Crippen molar-refractivity contribution in [2.75, 3.05) is 13.2 Å². The normalized spacial score (nSPS) is 11.8. The molecular weight excluding hydrogens is 402 g/mol. The van der Waals surface area contributed by atoms with E-state index in [4.69, 9.17) is 9.57 Å². The Morgan fingerprint density at radius 2 is 1.59 bits per heavy atom. The highest BCUT2D eigenvalue weighted by atomic mass is 16.6. The second-order valence-electron chi connectivity index (χ2n) is 7.97. The summed E-state index contributed by atoms with van der Waals surface area (Å²) in [6.45, 7) is 5.98. The number of oxime groups is 1. The van der Waals surface area contributed by atoms with Gasteiger partial charge in [-0.1, -0.05) is 78.8 Å². The van der Waals surface area contributed by atoms with Crippen molar-refractivity contribution in [3.05, 3.63) is 90.0 Å². The van der Waals surface area contributed by atoms with Crippen LogP contribution in [0.15, 0.2) is 84.0 Å². The van der Waals surface area contributed by atoms with Crippen LogP contribution in [-0.2, 0) is 15.0 Å². The molecule has 5 nitrogen and oxygen atoms in total. The van der Waals surface area contributed by atoms with E-state index >= 15 is 0 Å². The first kappa shape index (κ1) is 23.1. The summed E-state index contributed by atoms with van der Waals surface area (Å²) in [5.41, 5.74) is 3.94. The molecule has 0 aromatic heterocycles. The first-order valence-electron chi connectivity index (χ1n) is 10.7. The van der Waals surface area contributed by atoms with Crippen LogP contribution in [0.2, 0.25) is 0 Å². The molecule has 3 aromatic carbocycles. The van der Waals surface area contributed by atoms with E-state index in [1.165, 1.54) is 5.56 Å². The number of aliphatic carboxylic acids is 1. The molecule has 0 saturated carbocycles. The van der Waals surface area contributed by atoms with E-state index in [-0.39, 0.29) is 6.61 Å². The molecule has 1 N–H and O–H groups in total. The predicted molar refractivity (Wildman–Crippen MR) is 127 cm³/mol. The zero-order valence-electron chi connectivity index (χ0n) is 18.7. The van der Waals surface area contributed by atoms with Gasteiger partial charge >= 0.3 is 5.97 Å². The van der Waals surface area contributed by atoms with Crippen LogP contribution in [0.3, 0.4) is 0 Å². The minimum atomic E-state index is -0.980. The number of benzene rings is 3. The number of hydrogen-bond donors (Lipinski definition) is 1. The highest BCUT2D eigenvalue weighted by Gasteiger charge is 2.29.